The topological polar surface area (TPSA) is 91.3 Å². The second-order valence-corrected chi connectivity index (χ2v) is 4.96. The highest BCUT2D eigenvalue weighted by Gasteiger charge is 2.17. The van der Waals surface area contributed by atoms with E-state index in [9.17, 15) is 9.59 Å². The number of hydrogen-bond donors (Lipinski definition) is 3. The summed E-state index contributed by atoms with van der Waals surface area (Å²) in [6, 6.07) is 2.77. The van der Waals surface area contributed by atoms with Crippen LogP contribution in [0.15, 0.2) is 18.3 Å². The Labute approximate surface area is 117 Å². The number of urea groups is 1. The third-order valence-electron chi connectivity index (χ3n) is 3.42. The maximum Gasteiger partial charge on any atom is 0.321 e. The van der Waals surface area contributed by atoms with Crippen LogP contribution in [0.25, 0.3) is 0 Å². The highest BCUT2D eigenvalue weighted by Crippen LogP contribution is 2.17. The quantitative estimate of drug-likeness (QED) is 0.777. The Bertz CT molecular complexity index is 467. The lowest BCUT2D eigenvalue weighted by Crippen LogP contribution is -2.45. The zero-order valence-electron chi connectivity index (χ0n) is 11.3. The largest absolute Gasteiger partial charge is 0.390 e. The molecule has 1 fully saturated rings. The molecule has 20 heavy (non-hydrogen) atoms. The predicted octanol–water partition coefficient (Wildman–Crippen LogP) is 1.35. The third-order valence-corrected chi connectivity index (χ3v) is 3.42. The SMILES string of the molecule is O=C(NC(=O)c1ccc(CO)nc1)NC1CCCCC1. The summed E-state index contributed by atoms with van der Waals surface area (Å²) in [5, 5.41) is 14.0. The lowest BCUT2D eigenvalue weighted by Gasteiger charge is -2.22. The molecule has 0 spiro atoms. The zero-order chi connectivity index (χ0) is 14.4. The first kappa shape index (κ1) is 14.5. The second kappa shape index (κ2) is 7.00. The van der Waals surface area contributed by atoms with Gasteiger partial charge in [-0.2, -0.15) is 0 Å². The smallest absolute Gasteiger partial charge is 0.321 e. The van der Waals surface area contributed by atoms with Gasteiger partial charge in [0.2, 0.25) is 0 Å². The Morgan fingerprint density at radius 3 is 2.60 bits per heavy atom. The Hall–Kier alpha value is -1.95. The third kappa shape index (κ3) is 4.03. The van der Waals surface area contributed by atoms with Gasteiger partial charge >= 0.3 is 6.03 Å². The fourth-order valence-corrected chi connectivity index (χ4v) is 2.30. The van der Waals surface area contributed by atoms with E-state index in [4.69, 9.17) is 5.11 Å². The number of imide groups is 1. The van der Waals surface area contributed by atoms with Crippen molar-refractivity contribution in [3.63, 3.8) is 0 Å². The Morgan fingerprint density at radius 1 is 1.25 bits per heavy atom. The van der Waals surface area contributed by atoms with Gasteiger partial charge in [0.1, 0.15) is 0 Å². The van der Waals surface area contributed by atoms with Gasteiger partial charge in [-0.1, -0.05) is 19.3 Å². The van der Waals surface area contributed by atoms with Crippen molar-refractivity contribution in [1.29, 1.82) is 0 Å². The summed E-state index contributed by atoms with van der Waals surface area (Å²) in [6.07, 6.45) is 6.72. The minimum atomic E-state index is -0.490. The lowest BCUT2D eigenvalue weighted by atomic mass is 9.96. The molecule has 108 valence electrons. The van der Waals surface area contributed by atoms with Crippen molar-refractivity contribution < 1.29 is 14.7 Å². The van der Waals surface area contributed by atoms with Crippen LogP contribution in [-0.4, -0.2) is 28.1 Å². The van der Waals surface area contributed by atoms with E-state index < -0.39 is 11.9 Å². The highest BCUT2D eigenvalue weighted by molar-refractivity contribution is 6.04. The van der Waals surface area contributed by atoms with Gasteiger partial charge in [0.25, 0.3) is 5.91 Å². The van der Waals surface area contributed by atoms with Gasteiger partial charge in [-0.15, -0.1) is 0 Å². The van der Waals surface area contributed by atoms with Crippen molar-refractivity contribution in [3.05, 3.63) is 29.6 Å². The van der Waals surface area contributed by atoms with E-state index in [-0.39, 0.29) is 12.6 Å². The number of carbonyl (C=O) groups is 2. The summed E-state index contributed by atoms with van der Waals surface area (Å²) in [4.78, 5) is 27.4. The van der Waals surface area contributed by atoms with Gasteiger partial charge in [-0.3, -0.25) is 15.1 Å². The normalized spacial score (nSPS) is 15.7. The molecule has 0 aliphatic heterocycles. The van der Waals surface area contributed by atoms with E-state index in [2.05, 4.69) is 15.6 Å². The molecular weight excluding hydrogens is 258 g/mol. The molecule has 1 aliphatic carbocycles. The molecule has 0 atom stereocenters. The van der Waals surface area contributed by atoms with Crippen LogP contribution in [-0.2, 0) is 6.61 Å². The summed E-state index contributed by atoms with van der Waals surface area (Å²) >= 11 is 0. The molecule has 0 saturated heterocycles. The zero-order valence-corrected chi connectivity index (χ0v) is 11.3. The Morgan fingerprint density at radius 2 is 2.00 bits per heavy atom. The molecule has 1 aromatic rings. The van der Waals surface area contributed by atoms with Crippen LogP contribution in [0.4, 0.5) is 4.79 Å². The molecule has 3 amide bonds. The van der Waals surface area contributed by atoms with Crippen molar-refractivity contribution in [2.75, 3.05) is 0 Å². The molecular formula is C14H19N3O3. The standard InChI is InChI=1S/C14H19N3O3/c18-9-12-7-6-10(8-15-12)13(19)17-14(20)16-11-4-2-1-3-5-11/h6-8,11,18H,1-5,9H2,(H2,16,17,19,20). The maximum absolute atomic E-state index is 11.8. The van der Waals surface area contributed by atoms with E-state index in [1.165, 1.54) is 18.7 Å². The second-order valence-electron chi connectivity index (χ2n) is 4.96. The molecule has 0 aromatic carbocycles. The van der Waals surface area contributed by atoms with Crippen molar-refractivity contribution >= 4 is 11.9 Å². The fraction of sp³-hybridized carbons (Fsp3) is 0.500. The average Bonchev–Trinajstić information content (AvgIpc) is 2.48. The van der Waals surface area contributed by atoms with Gasteiger partial charge in [0.15, 0.2) is 0 Å². The molecule has 0 radical (unpaired) electrons. The number of aliphatic hydroxyl groups is 1. The van der Waals surface area contributed by atoms with Gasteiger partial charge in [-0.25, -0.2) is 4.79 Å². The first-order valence-electron chi connectivity index (χ1n) is 6.86. The summed E-state index contributed by atoms with van der Waals surface area (Å²) in [6.45, 7) is -0.177. The summed E-state index contributed by atoms with van der Waals surface area (Å²) in [5.74, 6) is -0.490. The lowest BCUT2D eigenvalue weighted by molar-refractivity contribution is 0.0962. The summed E-state index contributed by atoms with van der Waals surface area (Å²) < 4.78 is 0. The van der Waals surface area contributed by atoms with Crippen molar-refractivity contribution in [2.45, 2.75) is 44.8 Å². The fourth-order valence-electron chi connectivity index (χ4n) is 2.30. The van der Waals surface area contributed by atoms with Crippen molar-refractivity contribution in [1.82, 2.24) is 15.6 Å². The Balaban J connectivity index is 1.84. The maximum atomic E-state index is 11.8. The predicted molar refractivity (Wildman–Crippen MR) is 73.0 cm³/mol. The molecule has 0 unspecified atom stereocenters. The van der Waals surface area contributed by atoms with Crippen LogP contribution in [0, 0.1) is 0 Å². The van der Waals surface area contributed by atoms with Crippen LogP contribution in [0.1, 0.15) is 48.2 Å². The molecule has 6 nitrogen and oxygen atoms in total. The van der Waals surface area contributed by atoms with Crippen LogP contribution in [0.3, 0.4) is 0 Å². The van der Waals surface area contributed by atoms with Gasteiger partial charge in [0.05, 0.1) is 17.9 Å². The molecule has 6 heteroatoms. The average molecular weight is 277 g/mol. The highest BCUT2D eigenvalue weighted by atomic mass is 16.3. The molecule has 1 aromatic heterocycles. The van der Waals surface area contributed by atoms with Gasteiger partial charge < -0.3 is 10.4 Å². The molecule has 1 aliphatic rings. The van der Waals surface area contributed by atoms with Gasteiger partial charge in [0, 0.05) is 12.2 Å². The minimum absolute atomic E-state index is 0.159. The molecule has 2 rings (SSSR count). The van der Waals surface area contributed by atoms with Crippen molar-refractivity contribution in [2.24, 2.45) is 0 Å². The van der Waals surface area contributed by atoms with E-state index in [0.29, 0.717) is 11.3 Å². The number of aromatic nitrogens is 1. The number of carbonyl (C=O) groups excluding carboxylic acids is 2. The molecule has 3 N–H and O–H groups in total. The minimum Gasteiger partial charge on any atom is -0.390 e. The number of aliphatic hydroxyl groups excluding tert-OH is 1. The van der Waals surface area contributed by atoms with E-state index >= 15 is 0 Å². The van der Waals surface area contributed by atoms with E-state index in [1.54, 1.807) is 6.07 Å². The summed E-state index contributed by atoms with van der Waals surface area (Å²) in [5.41, 5.74) is 0.772. The first-order valence-corrected chi connectivity index (χ1v) is 6.86. The molecule has 0 bridgehead atoms. The van der Waals surface area contributed by atoms with Crippen molar-refractivity contribution in [3.8, 4) is 0 Å². The monoisotopic (exact) mass is 277 g/mol. The van der Waals surface area contributed by atoms with E-state index in [0.717, 1.165) is 25.7 Å². The van der Waals surface area contributed by atoms with Crippen LogP contribution < -0.4 is 10.6 Å². The Kier molecular flexibility index (Phi) is 5.06. The van der Waals surface area contributed by atoms with Crippen LogP contribution in [0.2, 0.25) is 0 Å². The van der Waals surface area contributed by atoms with Crippen LogP contribution >= 0.6 is 0 Å². The first-order chi connectivity index (χ1) is 9.69. The van der Waals surface area contributed by atoms with Crippen LogP contribution in [0.5, 0.6) is 0 Å². The van der Waals surface area contributed by atoms with Gasteiger partial charge in [-0.05, 0) is 25.0 Å². The number of hydrogen-bond acceptors (Lipinski definition) is 4. The number of nitrogens with one attached hydrogen (secondary N) is 2. The van der Waals surface area contributed by atoms with E-state index in [1.807, 2.05) is 0 Å². The summed E-state index contributed by atoms with van der Waals surface area (Å²) in [7, 11) is 0. The number of rotatable bonds is 3. The molecule has 1 saturated carbocycles. The number of pyridine rings is 1. The number of nitrogens with zero attached hydrogens (tertiary/aromatic N) is 1. The number of amides is 3. The molecule has 1 heterocycles.